The molecule has 3 aromatic rings. The minimum Gasteiger partial charge on any atom is -0.262 e. The number of fused-ring (bicyclic) bond motifs is 1. The highest BCUT2D eigenvalue weighted by Gasteiger charge is 2.04. The summed E-state index contributed by atoms with van der Waals surface area (Å²) in [5.41, 5.74) is 3.07. The van der Waals surface area contributed by atoms with Crippen molar-refractivity contribution in [1.29, 1.82) is 0 Å². The third-order valence-corrected chi connectivity index (χ3v) is 2.53. The normalized spacial score (nSPS) is 10.9. The van der Waals surface area contributed by atoms with E-state index in [-0.39, 0.29) is 0 Å². The van der Waals surface area contributed by atoms with Crippen molar-refractivity contribution in [2.75, 3.05) is 0 Å². The molecule has 0 bridgehead atoms. The maximum Gasteiger partial charge on any atom is 0.252 e. The molecule has 0 amide bonds. The molecule has 0 aromatic carbocycles. The predicted molar refractivity (Wildman–Crippen MR) is 63.5 cm³/mol. The van der Waals surface area contributed by atoms with Crippen molar-refractivity contribution in [3.8, 4) is 11.1 Å². The fourth-order valence-corrected chi connectivity index (χ4v) is 1.76. The zero-order chi connectivity index (χ0) is 11.8. The van der Waals surface area contributed by atoms with E-state index in [4.69, 9.17) is 0 Å². The number of pyridine rings is 1. The third kappa shape index (κ3) is 1.75. The Morgan fingerprint density at radius 2 is 2.00 bits per heavy atom. The van der Waals surface area contributed by atoms with Gasteiger partial charge in [-0.05, 0) is 31.5 Å². The van der Waals surface area contributed by atoms with E-state index in [0.29, 0.717) is 5.78 Å². The lowest BCUT2D eigenvalue weighted by molar-refractivity contribution is 0.917. The number of nitrogens with zero attached hydrogens (tertiary/aromatic N) is 5. The van der Waals surface area contributed by atoms with Crippen LogP contribution in [0.25, 0.3) is 16.9 Å². The molecule has 0 aliphatic rings. The van der Waals surface area contributed by atoms with Crippen LogP contribution in [0.2, 0.25) is 0 Å². The van der Waals surface area contributed by atoms with Crippen LogP contribution < -0.4 is 0 Å². The molecule has 0 saturated carbocycles. The van der Waals surface area contributed by atoms with Crippen LogP contribution in [0.15, 0.2) is 30.7 Å². The van der Waals surface area contributed by atoms with Crippen molar-refractivity contribution >= 4 is 5.78 Å². The minimum absolute atomic E-state index is 0.622. The first kappa shape index (κ1) is 9.89. The van der Waals surface area contributed by atoms with Gasteiger partial charge in [0.15, 0.2) is 0 Å². The fraction of sp³-hybridized carbons (Fsp3) is 0.167. The second-order valence-electron chi connectivity index (χ2n) is 3.93. The molecule has 0 saturated heterocycles. The molecule has 3 heterocycles. The maximum atomic E-state index is 4.28. The SMILES string of the molecule is Cc1cc(-c2cnc3nc(C)nn3c2)ccn1. The standard InChI is InChI=1S/C12H11N5/c1-8-5-10(3-4-13-8)11-6-14-12-15-9(2)16-17(12)7-11/h3-7H,1-2H3. The molecule has 0 radical (unpaired) electrons. The van der Waals surface area contributed by atoms with Gasteiger partial charge in [-0.25, -0.2) is 9.50 Å². The molecule has 0 unspecified atom stereocenters. The van der Waals surface area contributed by atoms with Crippen molar-refractivity contribution in [2.45, 2.75) is 13.8 Å². The first-order valence-electron chi connectivity index (χ1n) is 5.34. The summed E-state index contributed by atoms with van der Waals surface area (Å²) >= 11 is 0. The molecule has 5 heteroatoms. The molecule has 17 heavy (non-hydrogen) atoms. The molecule has 84 valence electrons. The lowest BCUT2D eigenvalue weighted by Gasteiger charge is -2.01. The van der Waals surface area contributed by atoms with Gasteiger partial charge in [-0.1, -0.05) is 0 Å². The van der Waals surface area contributed by atoms with E-state index in [0.717, 1.165) is 22.6 Å². The lowest BCUT2D eigenvalue weighted by atomic mass is 10.1. The van der Waals surface area contributed by atoms with E-state index >= 15 is 0 Å². The molecule has 0 atom stereocenters. The predicted octanol–water partition coefficient (Wildman–Crippen LogP) is 1.80. The number of aromatic nitrogens is 5. The van der Waals surface area contributed by atoms with E-state index in [1.807, 2.05) is 32.2 Å². The molecule has 3 rings (SSSR count). The van der Waals surface area contributed by atoms with E-state index in [2.05, 4.69) is 20.1 Å². The van der Waals surface area contributed by atoms with E-state index in [9.17, 15) is 0 Å². The number of hydrogen-bond acceptors (Lipinski definition) is 4. The van der Waals surface area contributed by atoms with Gasteiger partial charge in [0.25, 0.3) is 5.78 Å². The second-order valence-corrected chi connectivity index (χ2v) is 3.93. The summed E-state index contributed by atoms with van der Waals surface area (Å²) in [6, 6.07) is 3.98. The smallest absolute Gasteiger partial charge is 0.252 e. The highest BCUT2D eigenvalue weighted by molar-refractivity contribution is 5.62. The quantitative estimate of drug-likeness (QED) is 0.633. The van der Waals surface area contributed by atoms with Crippen LogP contribution in [0.3, 0.4) is 0 Å². The Bertz CT molecular complexity index is 686. The summed E-state index contributed by atoms with van der Waals surface area (Å²) in [6.07, 6.45) is 5.52. The van der Waals surface area contributed by atoms with Gasteiger partial charge < -0.3 is 0 Å². The molecule has 0 spiro atoms. The van der Waals surface area contributed by atoms with Crippen LogP contribution in [0.5, 0.6) is 0 Å². The second kappa shape index (κ2) is 3.62. The zero-order valence-corrected chi connectivity index (χ0v) is 9.62. The van der Waals surface area contributed by atoms with Gasteiger partial charge in [0, 0.05) is 29.8 Å². The Morgan fingerprint density at radius 3 is 2.82 bits per heavy atom. The molecule has 0 fully saturated rings. The van der Waals surface area contributed by atoms with Crippen molar-refractivity contribution in [3.63, 3.8) is 0 Å². The highest BCUT2D eigenvalue weighted by Crippen LogP contribution is 2.18. The Morgan fingerprint density at radius 1 is 1.12 bits per heavy atom. The molecule has 5 nitrogen and oxygen atoms in total. The number of hydrogen-bond donors (Lipinski definition) is 0. The van der Waals surface area contributed by atoms with Gasteiger partial charge in [0.05, 0.1) is 0 Å². The van der Waals surface area contributed by atoms with Crippen LogP contribution in [-0.2, 0) is 0 Å². The lowest BCUT2D eigenvalue weighted by Crippen LogP contribution is -1.92. The summed E-state index contributed by atoms with van der Waals surface area (Å²) in [6.45, 7) is 3.82. The highest BCUT2D eigenvalue weighted by atomic mass is 15.3. The average molecular weight is 225 g/mol. The van der Waals surface area contributed by atoms with Crippen LogP contribution in [-0.4, -0.2) is 24.6 Å². The Hall–Kier alpha value is -2.30. The van der Waals surface area contributed by atoms with E-state index in [1.165, 1.54) is 0 Å². The molecule has 0 N–H and O–H groups in total. The molecular formula is C12H11N5. The third-order valence-electron chi connectivity index (χ3n) is 2.53. The van der Waals surface area contributed by atoms with Crippen LogP contribution in [0, 0.1) is 13.8 Å². The van der Waals surface area contributed by atoms with Gasteiger partial charge in [-0.3, -0.25) is 4.98 Å². The monoisotopic (exact) mass is 225 g/mol. The van der Waals surface area contributed by atoms with Gasteiger partial charge in [-0.15, -0.1) is 0 Å². The van der Waals surface area contributed by atoms with Crippen LogP contribution in [0.1, 0.15) is 11.5 Å². The average Bonchev–Trinajstić information content (AvgIpc) is 2.68. The van der Waals surface area contributed by atoms with E-state index < -0.39 is 0 Å². The summed E-state index contributed by atoms with van der Waals surface area (Å²) in [5.74, 6) is 1.34. The summed E-state index contributed by atoms with van der Waals surface area (Å²) in [7, 11) is 0. The van der Waals surface area contributed by atoms with E-state index in [1.54, 1.807) is 16.9 Å². The summed E-state index contributed by atoms with van der Waals surface area (Å²) in [4.78, 5) is 12.6. The van der Waals surface area contributed by atoms with Crippen LogP contribution in [0.4, 0.5) is 0 Å². The van der Waals surface area contributed by atoms with Crippen molar-refractivity contribution in [2.24, 2.45) is 0 Å². The zero-order valence-electron chi connectivity index (χ0n) is 9.62. The number of aryl methyl sites for hydroxylation is 2. The Labute approximate surface area is 98.2 Å². The summed E-state index contributed by atoms with van der Waals surface area (Å²) < 4.78 is 1.69. The molecule has 3 aromatic heterocycles. The fourth-order valence-electron chi connectivity index (χ4n) is 1.76. The van der Waals surface area contributed by atoms with Crippen molar-refractivity contribution in [3.05, 3.63) is 42.2 Å². The maximum absolute atomic E-state index is 4.28. The van der Waals surface area contributed by atoms with Crippen LogP contribution >= 0.6 is 0 Å². The Balaban J connectivity index is 2.17. The topological polar surface area (TPSA) is 56.0 Å². The van der Waals surface area contributed by atoms with Crippen molar-refractivity contribution in [1.82, 2.24) is 24.6 Å². The molecule has 0 aliphatic heterocycles. The molecule has 0 aliphatic carbocycles. The number of rotatable bonds is 1. The first-order valence-corrected chi connectivity index (χ1v) is 5.34. The van der Waals surface area contributed by atoms with Gasteiger partial charge in [-0.2, -0.15) is 10.1 Å². The molecular weight excluding hydrogens is 214 g/mol. The van der Waals surface area contributed by atoms with Gasteiger partial charge >= 0.3 is 0 Å². The van der Waals surface area contributed by atoms with Gasteiger partial charge in [0.2, 0.25) is 0 Å². The Kier molecular flexibility index (Phi) is 2.11. The first-order chi connectivity index (χ1) is 8.22. The minimum atomic E-state index is 0.622. The van der Waals surface area contributed by atoms with Gasteiger partial charge in [0.1, 0.15) is 5.82 Å². The van der Waals surface area contributed by atoms with Crippen molar-refractivity contribution < 1.29 is 0 Å². The largest absolute Gasteiger partial charge is 0.262 e. The summed E-state index contributed by atoms with van der Waals surface area (Å²) in [5, 5.41) is 4.25.